The van der Waals surface area contributed by atoms with Crippen LogP contribution in [0.4, 0.5) is 4.79 Å². The highest BCUT2D eigenvalue weighted by Crippen LogP contribution is 2.50. The molecule has 10 heteroatoms. The molecule has 0 saturated carbocycles. The normalized spacial score (nSPS) is 24.3. The second-order valence-electron chi connectivity index (χ2n) is 14.4. The third-order valence-corrected chi connectivity index (χ3v) is 9.43. The fourth-order valence-electron chi connectivity index (χ4n) is 7.10. The number of phenols is 1. The Kier molecular flexibility index (Phi) is 8.63. The number of hydrogen-bond donors (Lipinski definition) is 3. The zero-order chi connectivity index (χ0) is 32.8. The van der Waals surface area contributed by atoms with Crippen LogP contribution < -0.4 is 10.6 Å². The van der Waals surface area contributed by atoms with Crippen molar-refractivity contribution >= 4 is 23.8 Å². The van der Waals surface area contributed by atoms with Crippen LogP contribution in [0, 0.1) is 5.41 Å². The quantitative estimate of drug-likeness (QED) is 0.451. The zero-order valence-corrected chi connectivity index (χ0v) is 27.3. The zero-order valence-electron chi connectivity index (χ0n) is 27.3. The van der Waals surface area contributed by atoms with E-state index in [0.717, 1.165) is 36.0 Å². The van der Waals surface area contributed by atoms with Gasteiger partial charge >= 0.3 is 6.09 Å². The predicted octanol–water partition coefficient (Wildman–Crippen LogP) is 4.55. The van der Waals surface area contributed by atoms with Gasteiger partial charge in [0.1, 0.15) is 29.5 Å². The highest BCUT2D eigenvalue weighted by Gasteiger charge is 2.55. The van der Waals surface area contributed by atoms with Gasteiger partial charge in [-0.15, -0.1) is 0 Å². The van der Waals surface area contributed by atoms with Crippen molar-refractivity contribution < 1.29 is 29.0 Å². The number of rotatable bonds is 5. The maximum atomic E-state index is 14.5. The summed E-state index contributed by atoms with van der Waals surface area (Å²) in [4.78, 5) is 57.8. The molecule has 242 valence electrons. The van der Waals surface area contributed by atoms with Gasteiger partial charge in [0.05, 0.1) is 12.1 Å². The van der Waals surface area contributed by atoms with Crippen molar-refractivity contribution in [3.8, 4) is 5.75 Å². The Hall–Kier alpha value is -4.08. The molecule has 2 aromatic rings. The summed E-state index contributed by atoms with van der Waals surface area (Å²) < 4.78 is 5.43. The van der Waals surface area contributed by atoms with Crippen molar-refractivity contribution in [3.05, 3.63) is 64.7 Å². The summed E-state index contributed by atoms with van der Waals surface area (Å²) in [6.45, 7) is 10.8. The highest BCUT2D eigenvalue weighted by molar-refractivity contribution is 5.95. The van der Waals surface area contributed by atoms with Gasteiger partial charge < -0.3 is 25.4 Å². The molecule has 1 aliphatic carbocycles. The van der Waals surface area contributed by atoms with Crippen LogP contribution in [-0.4, -0.2) is 69.5 Å². The first-order chi connectivity index (χ1) is 21.1. The van der Waals surface area contributed by atoms with Crippen molar-refractivity contribution in [2.75, 3.05) is 7.05 Å². The minimum Gasteiger partial charge on any atom is -0.508 e. The minimum atomic E-state index is -1.02. The Morgan fingerprint density at radius 1 is 1.04 bits per heavy atom. The molecule has 5 rings (SSSR count). The second kappa shape index (κ2) is 12.0. The molecule has 0 radical (unpaired) electrons. The summed E-state index contributed by atoms with van der Waals surface area (Å²) in [5, 5.41) is 16.5. The molecule has 3 aliphatic rings. The number of amides is 4. The van der Waals surface area contributed by atoms with Crippen LogP contribution in [0.2, 0.25) is 0 Å². The van der Waals surface area contributed by atoms with E-state index in [4.69, 9.17) is 4.74 Å². The molecule has 1 unspecified atom stereocenters. The lowest BCUT2D eigenvalue weighted by Gasteiger charge is -2.36. The van der Waals surface area contributed by atoms with Crippen molar-refractivity contribution in [2.24, 2.45) is 5.41 Å². The van der Waals surface area contributed by atoms with Crippen LogP contribution in [0.3, 0.4) is 0 Å². The van der Waals surface area contributed by atoms with E-state index in [0.29, 0.717) is 6.42 Å². The fraction of sp³-hybridized carbons (Fsp3) is 0.543. The molecule has 0 bridgehead atoms. The molecule has 1 saturated heterocycles. The number of nitrogens with one attached hydrogen (secondary N) is 2. The summed E-state index contributed by atoms with van der Waals surface area (Å²) in [7, 11) is 1.48. The Morgan fingerprint density at radius 3 is 2.47 bits per heavy atom. The van der Waals surface area contributed by atoms with Gasteiger partial charge in [0.2, 0.25) is 17.7 Å². The van der Waals surface area contributed by atoms with Crippen LogP contribution in [0.25, 0.3) is 0 Å². The second-order valence-corrected chi connectivity index (χ2v) is 14.4. The van der Waals surface area contributed by atoms with E-state index in [1.165, 1.54) is 17.5 Å². The van der Waals surface area contributed by atoms with Crippen molar-refractivity contribution in [1.29, 1.82) is 0 Å². The molecule has 45 heavy (non-hydrogen) atoms. The standard InChI is InChI=1S/C35H46N4O6/c1-20(38(7)33(44)45-34(2,3)4)30(41)37-27-18-22-17-23(40)15-16-25(22)28-19-35(5,6)29(39(28)32(27)43)31(42)36-26-14-10-12-21-11-8-9-13-24(21)26/h8-9,11,13,15-17,20,26-29,40H,10,12,14,18-19H2,1-7H3,(H,36,42)(H,37,41)/t20-,26+,27-,28+,29?/m0/s1. The van der Waals surface area contributed by atoms with Crippen LogP contribution in [0.5, 0.6) is 5.75 Å². The molecule has 5 atom stereocenters. The smallest absolute Gasteiger partial charge is 0.410 e. The highest BCUT2D eigenvalue weighted by atomic mass is 16.6. The molecule has 0 aromatic heterocycles. The van der Waals surface area contributed by atoms with Gasteiger partial charge in [-0.2, -0.15) is 0 Å². The maximum Gasteiger partial charge on any atom is 0.410 e. The first-order valence-electron chi connectivity index (χ1n) is 15.9. The van der Waals surface area contributed by atoms with Crippen molar-refractivity contribution in [3.63, 3.8) is 0 Å². The van der Waals surface area contributed by atoms with Crippen LogP contribution >= 0.6 is 0 Å². The maximum absolute atomic E-state index is 14.5. The Balaban J connectivity index is 1.45. The molecule has 0 spiro atoms. The average molecular weight is 619 g/mol. The van der Waals surface area contributed by atoms with Gasteiger partial charge in [-0.05, 0) is 93.2 Å². The van der Waals surface area contributed by atoms with E-state index in [2.05, 4.69) is 22.8 Å². The lowest BCUT2D eigenvalue weighted by Crippen LogP contribution is -2.58. The van der Waals surface area contributed by atoms with Gasteiger partial charge in [-0.3, -0.25) is 19.3 Å². The van der Waals surface area contributed by atoms with Gasteiger partial charge in [-0.1, -0.05) is 44.2 Å². The SMILES string of the molecule is C[C@@H](C(=O)N[C@H]1Cc2cc(O)ccc2[C@H]2CC(C)(C)C(C(=O)N[C@@H]3CCCc4ccccc43)N2C1=O)N(C)C(=O)OC(C)(C)C. The van der Waals surface area contributed by atoms with E-state index < -0.39 is 47.2 Å². The number of likely N-dealkylation sites (N-methyl/N-ethyl adjacent to an activating group) is 1. The minimum absolute atomic E-state index is 0.0558. The first-order valence-corrected chi connectivity index (χ1v) is 15.9. The Labute approximate surface area is 265 Å². The number of hydrogen-bond acceptors (Lipinski definition) is 6. The van der Waals surface area contributed by atoms with E-state index >= 15 is 0 Å². The number of carbonyl (C=O) groups excluding carboxylic acids is 4. The molecule has 10 nitrogen and oxygen atoms in total. The summed E-state index contributed by atoms with van der Waals surface area (Å²) in [6, 6.07) is 9.89. The number of nitrogens with zero attached hydrogens (tertiary/aromatic N) is 2. The molecular formula is C35H46N4O6. The van der Waals surface area contributed by atoms with E-state index in [1.54, 1.807) is 44.7 Å². The number of phenolic OH excluding ortho intramolecular Hbond substituents is 1. The fourth-order valence-corrected chi connectivity index (χ4v) is 7.10. The van der Waals surface area contributed by atoms with Gasteiger partial charge in [0, 0.05) is 13.5 Å². The van der Waals surface area contributed by atoms with Crippen molar-refractivity contribution in [2.45, 2.75) is 109 Å². The summed E-state index contributed by atoms with van der Waals surface area (Å²) in [6.07, 6.45) is 2.76. The van der Waals surface area contributed by atoms with Crippen LogP contribution in [0.1, 0.15) is 95.1 Å². The Bertz CT molecular complexity index is 1500. The first kappa shape index (κ1) is 32.3. The third-order valence-electron chi connectivity index (χ3n) is 9.43. The van der Waals surface area contributed by atoms with E-state index in [1.807, 2.05) is 32.0 Å². The number of fused-ring (bicyclic) bond motifs is 4. The van der Waals surface area contributed by atoms with Crippen LogP contribution in [-0.2, 0) is 32.0 Å². The summed E-state index contributed by atoms with van der Waals surface area (Å²) in [5.74, 6) is -1.06. The summed E-state index contributed by atoms with van der Waals surface area (Å²) >= 11 is 0. The number of carbonyl (C=O) groups is 4. The summed E-state index contributed by atoms with van der Waals surface area (Å²) in [5.41, 5.74) is 2.60. The number of ether oxygens (including phenoxy) is 1. The molecule has 2 heterocycles. The lowest BCUT2D eigenvalue weighted by atomic mass is 9.81. The third kappa shape index (κ3) is 6.51. The van der Waals surface area contributed by atoms with Crippen LogP contribution in [0.15, 0.2) is 42.5 Å². The topological polar surface area (TPSA) is 128 Å². The molecule has 3 N–H and O–H groups in total. The van der Waals surface area contributed by atoms with Gasteiger partial charge in [-0.25, -0.2) is 4.79 Å². The molecule has 1 fully saturated rings. The lowest BCUT2D eigenvalue weighted by molar-refractivity contribution is -0.145. The van der Waals surface area contributed by atoms with Gasteiger partial charge in [0.15, 0.2) is 0 Å². The molecule has 2 aliphatic heterocycles. The number of benzene rings is 2. The molecular weight excluding hydrogens is 572 g/mol. The van der Waals surface area contributed by atoms with E-state index in [-0.39, 0.29) is 30.0 Å². The molecule has 2 aromatic carbocycles. The van der Waals surface area contributed by atoms with Gasteiger partial charge in [0.25, 0.3) is 0 Å². The number of aromatic hydroxyl groups is 1. The van der Waals surface area contributed by atoms with Crippen molar-refractivity contribution in [1.82, 2.24) is 20.4 Å². The largest absolute Gasteiger partial charge is 0.508 e. The molecule has 4 amide bonds. The average Bonchev–Trinajstić information content (AvgIpc) is 3.20. The number of aryl methyl sites for hydroxylation is 1. The monoisotopic (exact) mass is 618 g/mol. The Morgan fingerprint density at radius 2 is 1.76 bits per heavy atom. The van der Waals surface area contributed by atoms with E-state index in [9.17, 15) is 24.3 Å². The predicted molar refractivity (Wildman–Crippen MR) is 169 cm³/mol.